The lowest BCUT2D eigenvalue weighted by Crippen LogP contribution is -2.25. The quantitative estimate of drug-likeness (QED) is 0.687. The molecule has 0 aliphatic carbocycles. The second-order valence-electron chi connectivity index (χ2n) is 3.85. The molecule has 2 heterocycles. The predicted molar refractivity (Wildman–Crippen MR) is 73.4 cm³/mol. The number of hydrogen-bond donors (Lipinski definition) is 3. The number of amides is 1. The number of rotatable bonds is 6. The van der Waals surface area contributed by atoms with Gasteiger partial charge in [-0.1, -0.05) is 0 Å². The largest absolute Gasteiger partial charge is 0.478 e. The number of carboxylic acids is 1. The van der Waals surface area contributed by atoms with Crippen molar-refractivity contribution in [2.24, 2.45) is 0 Å². The van der Waals surface area contributed by atoms with Crippen LogP contribution in [0.5, 0.6) is 0 Å². The van der Waals surface area contributed by atoms with Crippen LogP contribution in [-0.2, 0) is 11.2 Å². The summed E-state index contributed by atoms with van der Waals surface area (Å²) in [6, 6.07) is 1.65. The van der Waals surface area contributed by atoms with Crippen molar-refractivity contribution in [3.8, 4) is 0 Å². The van der Waals surface area contributed by atoms with Crippen molar-refractivity contribution in [3.05, 3.63) is 40.1 Å². The van der Waals surface area contributed by atoms with Crippen molar-refractivity contribution in [1.82, 2.24) is 20.5 Å². The van der Waals surface area contributed by atoms with Crippen LogP contribution in [0.3, 0.4) is 0 Å². The van der Waals surface area contributed by atoms with Crippen molar-refractivity contribution in [1.29, 1.82) is 0 Å². The molecule has 7 nitrogen and oxygen atoms in total. The molecule has 8 heteroatoms. The molecule has 0 saturated heterocycles. The molecule has 1 amide bonds. The molecule has 20 heavy (non-hydrogen) atoms. The second kappa shape index (κ2) is 6.62. The van der Waals surface area contributed by atoms with Gasteiger partial charge in [0.2, 0.25) is 0 Å². The van der Waals surface area contributed by atoms with E-state index in [9.17, 15) is 9.59 Å². The van der Waals surface area contributed by atoms with Crippen LogP contribution in [0.1, 0.15) is 21.1 Å². The molecular weight excluding hydrogens is 280 g/mol. The van der Waals surface area contributed by atoms with Crippen molar-refractivity contribution in [2.75, 3.05) is 6.54 Å². The topological polar surface area (TPSA) is 108 Å². The van der Waals surface area contributed by atoms with Crippen molar-refractivity contribution in [2.45, 2.75) is 6.42 Å². The van der Waals surface area contributed by atoms with Gasteiger partial charge in [-0.2, -0.15) is 5.10 Å². The molecule has 2 aromatic rings. The summed E-state index contributed by atoms with van der Waals surface area (Å²) in [5.41, 5.74) is 0.512. The molecule has 0 aromatic carbocycles. The van der Waals surface area contributed by atoms with Crippen LogP contribution in [0.25, 0.3) is 6.08 Å². The zero-order chi connectivity index (χ0) is 14.4. The lowest BCUT2D eigenvalue weighted by Gasteiger charge is -2.01. The highest BCUT2D eigenvalue weighted by Crippen LogP contribution is 2.16. The van der Waals surface area contributed by atoms with Crippen molar-refractivity contribution >= 4 is 29.3 Å². The van der Waals surface area contributed by atoms with E-state index in [1.807, 2.05) is 0 Å². The number of carbonyl (C=O) groups excluding carboxylic acids is 1. The number of aliphatic carboxylic acids is 1. The number of nitrogens with one attached hydrogen (secondary N) is 2. The number of nitrogens with zero attached hydrogens (tertiary/aromatic N) is 2. The molecule has 0 aliphatic rings. The summed E-state index contributed by atoms with van der Waals surface area (Å²) in [5.74, 6) is -0.507. The number of carboxylic acid groups (broad SMARTS) is 1. The van der Waals surface area contributed by atoms with Gasteiger partial charge in [0.15, 0.2) is 0 Å². The molecule has 2 rings (SSSR count). The van der Waals surface area contributed by atoms with Crippen LogP contribution in [0.4, 0.5) is 0 Å². The average molecular weight is 292 g/mol. The third-order valence-corrected chi connectivity index (χ3v) is 3.28. The smallest absolute Gasteiger partial charge is 0.328 e. The first-order chi connectivity index (χ1) is 9.65. The number of aromatic amines is 1. The van der Waals surface area contributed by atoms with Crippen molar-refractivity contribution in [3.63, 3.8) is 0 Å². The van der Waals surface area contributed by atoms with E-state index in [1.165, 1.54) is 23.7 Å². The number of carbonyl (C=O) groups is 2. The Labute approximate surface area is 118 Å². The van der Waals surface area contributed by atoms with E-state index in [-0.39, 0.29) is 5.91 Å². The van der Waals surface area contributed by atoms with Gasteiger partial charge >= 0.3 is 5.97 Å². The van der Waals surface area contributed by atoms with Crippen LogP contribution in [0.15, 0.2) is 23.8 Å². The number of thiophene rings is 1. The van der Waals surface area contributed by atoms with E-state index < -0.39 is 5.97 Å². The first-order valence-electron chi connectivity index (χ1n) is 5.77. The van der Waals surface area contributed by atoms with Crippen molar-refractivity contribution < 1.29 is 14.7 Å². The molecule has 0 aliphatic heterocycles. The molecule has 0 atom stereocenters. The fourth-order valence-electron chi connectivity index (χ4n) is 1.46. The Morgan fingerprint density at radius 1 is 1.50 bits per heavy atom. The standard InChI is InChI=1S/C12H12N4O3S/c17-11(18)2-1-9-5-8(6-20-9)12(19)13-4-3-10-14-7-15-16-10/h1-2,5-7H,3-4H2,(H,13,19)(H,17,18)(H,14,15,16). The van der Waals surface area contributed by atoms with Crippen LogP contribution in [0.2, 0.25) is 0 Å². The number of H-pyrrole nitrogens is 1. The summed E-state index contributed by atoms with van der Waals surface area (Å²) in [4.78, 5) is 26.9. The zero-order valence-electron chi connectivity index (χ0n) is 10.4. The molecule has 104 valence electrons. The highest BCUT2D eigenvalue weighted by molar-refractivity contribution is 7.11. The monoisotopic (exact) mass is 292 g/mol. The van der Waals surface area contributed by atoms with E-state index >= 15 is 0 Å². The highest BCUT2D eigenvalue weighted by atomic mass is 32.1. The maximum absolute atomic E-state index is 11.8. The number of hydrogen-bond acceptors (Lipinski definition) is 5. The summed E-state index contributed by atoms with van der Waals surface area (Å²) in [7, 11) is 0. The molecule has 2 aromatic heterocycles. The second-order valence-corrected chi connectivity index (χ2v) is 4.79. The Morgan fingerprint density at radius 3 is 3.05 bits per heavy atom. The van der Waals surface area contributed by atoms with E-state index in [1.54, 1.807) is 11.4 Å². The Balaban J connectivity index is 1.84. The zero-order valence-corrected chi connectivity index (χ0v) is 11.2. The molecule has 0 radical (unpaired) electrons. The first kappa shape index (κ1) is 13.9. The molecule has 3 N–H and O–H groups in total. The van der Waals surface area contributed by atoms with Gasteiger partial charge in [0.25, 0.3) is 5.91 Å². The van der Waals surface area contributed by atoms with Gasteiger partial charge < -0.3 is 10.4 Å². The predicted octanol–water partition coefficient (Wildman–Crippen LogP) is 0.936. The Morgan fingerprint density at radius 2 is 2.35 bits per heavy atom. The van der Waals surface area contributed by atoms with Crippen LogP contribution >= 0.6 is 11.3 Å². The summed E-state index contributed by atoms with van der Waals surface area (Å²) >= 11 is 1.31. The van der Waals surface area contributed by atoms with Gasteiger partial charge in [0.05, 0.1) is 5.56 Å². The van der Waals surface area contributed by atoms with E-state index in [0.717, 1.165) is 6.08 Å². The molecule has 0 bridgehead atoms. The summed E-state index contributed by atoms with van der Waals surface area (Å²) < 4.78 is 0. The maximum atomic E-state index is 11.8. The summed E-state index contributed by atoms with van der Waals surface area (Å²) in [6.07, 6.45) is 4.48. The third kappa shape index (κ3) is 4.02. The highest BCUT2D eigenvalue weighted by Gasteiger charge is 2.07. The van der Waals surface area contributed by atoms with Crippen LogP contribution < -0.4 is 5.32 Å². The van der Waals surface area contributed by atoms with E-state index in [2.05, 4.69) is 20.5 Å². The Bertz CT molecular complexity index is 618. The van der Waals surface area contributed by atoms with E-state index in [4.69, 9.17) is 5.11 Å². The number of aromatic nitrogens is 3. The minimum Gasteiger partial charge on any atom is -0.478 e. The Hall–Kier alpha value is -2.48. The van der Waals surface area contributed by atoms with Crippen LogP contribution in [0, 0.1) is 0 Å². The molecular formula is C12H12N4O3S. The lowest BCUT2D eigenvalue weighted by molar-refractivity contribution is -0.131. The van der Waals surface area contributed by atoms with Gasteiger partial charge in [0.1, 0.15) is 12.2 Å². The maximum Gasteiger partial charge on any atom is 0.328 e. The van der Waals surface area contributed by atoms with Crippen LogP contribution in [-0.4, -0.2) is 38.7 Å². The van der Waals surface area contributed by atoms with Gasteiger partial charge in [0, 0.05) is 29.3 Å². The summed E-state index contributed by atoms with van der Waals surface area (Å²) in [6.45, 7) is 0.449. The fourth-order valence-corrected chi connectivity index (χ4v) is 2.24. The normalized spacial score (nSPS) is 10.8. The lowest BCUT2D eigenvalue weighted by atomic mass is 10.2. The molecule has 0 spiro atoms. The third-order valence-electron chi connectivity index (χ3n) is 2.38. The van der Waals surface area contributed by atoms with Gasteiger partial charge in [-0.05, 0) is 12.1 Å². The molecule has 0 unspecified atom stereocenters. The van der Waals surface area contributed by atoms with Gasteiger partial charge in [-0.15, -0.1) is 11.3 Å². The molecule has 0 saturated carbocycles. The Kier molecular flexibility index (Phi) is 4.61. The minimum absolute atomic E-state index is 0.198. The average Bonchev–Trinajstić information content (AvgIpc) is 3.07. The first-order valence-corrected chi connectivity index (χ1v) is 6.65. The summed E-state index contributed by atoms with van der Waals surface area (Å²) in [5, 5.41) is 19.4. The minimum atomic E-state index is -1.02. The van der Waals surface area contributed by atoms with E-state index in [0.29, 0.717) is 29.2 Å². The van der Waals surface area contributed by atoms with Gasteiger partial charge in [-0.25, -0.2) is 9.78 Å². The SMILES string of the molecule is O=C(O)C=Cc1cc(C(=O)NCCc2ncn[nH]2)cs1. The fraction of sp³-hybridized carbons (Fsp3) is 0.167. The molecule has 0 fully saturated rings. The van der Waals surface area contributed by atoms with Gasteiger partial charge in [-0.3, -0.25) is 9.89 Å².